The minimum Gasteiger partial charge on any atom is -0.310 e. The number of hydrogen-bond donors (Lipinski definition) is 2. The third-order valence-corrected chi connectivity index (χ3v) is 6.82. The van der Waals surface area contributed by atoms with Crippen LogP contribution in [-0.2, 0) is 0 Å². The predicted molar refractivity (Wildman–Crippen MR) is 106 cm³/mol. The average Bonchev–Trinajstić information content (AvgIpc) is 2.73. The normalized spacial score (nSPS) is 30.1. The number of amides is 4. The molecule has 0 unspecified atom stereocenters. The summed E-state index contributed by atoms with van der Waals surface area (Å²) in [6.45, 7) is 0. The molecule has 2 fully saturated rings. The van der Waals surface area contributed by atoms with Crippen molar-refractivity contribution in [3.8, 4) is 0 Å². The highest BCUT2D eigenvalue weighted by atomic mass is 16.2. The van der Waals surface area contributed by atoms with Crippen LogP contribution in [0.4, 0.5) is 21.0 Å². The molecule has 1 saturated carbocycles. The maximum atomic E-state index is 13.2. The van der Waals surface area contributed by atoms with Crippen molar-refractivity contribution in [3.05, 3.63) is 59.7 Å². The van der Waals surface area contributed by atoms with Crippen LogP contribution < -0.4 is 10.6 Å². The van der Waals surface area contributed by atoms with Crippen LogP contribution >= 0.6 is 0 Å². The largest absolute Gasteiger partial charge is 0.322 e. The number of fused-ring (bicyclic) bond motifs is 10. The first-order valence-electron chi connectivity index (χ1n) is 10.1. The fraction of sp³-hybridized carbons (Fsp3) is 0.364. The molecular formula is C22H22N4O2. The number of nitrogens with one attached hydrogen (secondary N) is 2. The Balaban J connectivity index is 1.61. The molecule has 0 spiro atoms. The fourth-order valence-electron chi connectivity index (χ4n) is 5.75. The fourth-order valence-corrected chi connectivity index (χ4v) is 5.75. The van der Waals surface area contributed by atoms with Crippen LogP contribution in [0.25, 0.3) is 0 Å². The van der Waals surface area contributed by atoms with Gasteiger partial charge in [0.05, 0.1) is 24.2 Å². The van der Waals surface area contributed by atoms with E-state index in [2.05, 4.69) is 22.8 Å². The summed E-state index contributed by atoms with van der Waals surface area (Å²) < 4.78 is 0. The number of hydrogen-bond acceptors (Lipinski definition) is 2. The zero-order valence-electron chi connectivity index (χ0n) is 15.5. The molecule has 6 heteroatoms. The van der Waals surface area contributed by atoms with Crippen LogP contribution in [0.15, 0.2) is 48.5 Å². The minimum atomic E-state index is -0.170. The number of carbonyl (C=O) groups is 2. The Morgan fingerprint density at radius 1 is 0.679 bits per heavy atom. The summed E-state index contributed by atoms with van der Waals surface area (Å²) in [5.41, 5.74) is 3.88. The molecule has 4 amide bonds. The number of carbonyl (C=O) groups excluding carboxylic acids is 2. The lowest BCUT2D eigenvalue weighted by Gasteiger charge is -2.60. The SMILES string of the molecule is O=C1Nc2ccccc2[C@@H]2[C@@H]3c4ccccc4NC(=O)N3[C@@H]3CCCC[C@H]3N12. The van der Waals surface area contributed by atoms with Gasteiger partial charge in [0.2, 0.25) is 0 Å². The van der Waals surface area contributed by atoms with E-state index in [0.29, 0.717) is 0 Å². The summed E-state index contributed by atoms with van der Waals surface area (Å²) >= 11 is 0. The van der Waals surface area contributed by atoms with Crippen molar-refractivity contribution in [1.29, 1.82) is 0 Å². The van der Waals surface area contributed by atoms with E-state index in [1.54, 1.807) is 0 Å². The molecule has 2 aromatic rings. The van der Waals surface area contributed by atoms with Crippen LogP contribution in [-0.4, -0.2) is 33.9 Å². The van der Waals surface area contributed by atoms with Crippen molar-refractivity contribution < 1.29 is 9.59 Å². The van der Waals surface area contributed by atoms with Gasteiger partial charge in [-0.3, -0.25) is 0 Å². The molecule has 2 N–H and O–H groups in total. The summed E-state index contributed by atoms with van der Waals surface area (Å²) in [4.78, 5) is 30.5. The Labute approximate surface area is 163 Å². The summed E-state index contributed by atoms with van der Waals surface area (Å²) in [5, 5.41) is 6.18. The number of para-hydroxylation sites is 2. The Morgan fingerprint density at radius 2 is 1.11 bits per heavy atom. The van der Waals surface area contributed by atoms with Gasteiger partial charge in [-0.2, -0.15) is 0 Å². The first-order chi connectivity index (χ1) is 13.7. The maximum Gasteiger partial charge on any atom is 0.322 e. The molecule has 3 aliphatic heterocycles. The second-order valence-electron chi connectivity index (χ2n) is 8.16. The molecule has 28 heavy (non-hydrogen) atoms. The van der Waals surface area contributed by atoms with Crippen LogP contribution in [0.5, 0.6) is 0 Å². The molecule has 0 radical (unpaired) electrons. The van der Waals surface area contributed by atoms with Gasteiger partial charge in [-0.15, -0.1) is 0 Å². The quantitative estimate of drug-likeness (QED) is 0.714. The van der Waals surface area contributed by atoms with E-state index in [9.17, 15) is 9.59 Å². The molecule has 6 rings (SSSR count). The summed E-state index contributed by atoms with van der Waals surface area (Å²) in [6, 6.07) is 15.7. The monoisotopic (exact) mass is 374 g/mol. The van der Waals surface area contributed by atoms with Gasteiger partial charge in [0.25, 0.3) is 0 Å². The smallest absolute Gasteiger partial charge is 0.310 e. The van der Waals surface area contributed by atoms with E-state index in [4.69, 9.17) is 0 Å². The Morgan fingerprint density at radius 3 is 1.57 bits per heavy atom. The van der Waals surface area contributed by atoms with Crippen LogP contribution in [0.2, 0.25) is 0 Å². The topological polar surface area (TPSA) is 64.7 Å². The number of benzene rings is 2. The van der Waals surface area contributed by atoms with Crippen LogP contribution in [0, 0.1) is 0 Å². The van der Waals surface area contributed by atoms with Gasteiger partial charge in [-0.05, 0) is 25.0 Å². The highest BCUT2D eigenvalue weighted by molar-refractivity contribution is 5.97. The van der Waals surface area contributed by atoms with Crippen molar-refractivity contribution in [2.75, 3.05) is 10.6 Å². The minimum absolute atomic E-state index is 0.0382. The first kappa shape index (κ1) is 16.0. The number of rotatable bonds is 0. The third kappa shape index (κ3) is 2.03. The number of anilines is 2. The van der Waals surface area contributed by atoms with E-state index in [-0.39, 0.29) is 36.2 Å². The predicted octanol–water partition coefficient (Wildman–Crippen LogP) is 4.49. The second-order valence-corrected chi connectivity index (χ2v) is 8.16. The number of piperazine rings is 1. The molecule has 1 aliphatic carbocycles. The molecule has 1 saturated heterocycles. The van der Waals surface area contributed by atoms with Crippen molar-refractivity contribution in [3.63, 3.8) is 0 Å². The van der Waals surface area contributed by atoms with Gasteiger partial charge >= 0.3 is 12.1 Å². The van der Waals surface area contributed by atoms with Crippen LogP contribution in [0.3, 0.4) is 0 Å². The standard InChI is InChI=1S/C22H22N4O2/c27-21-23-15-9-3-1-7-13(15)19-20-14-8-2-4-10-16(14)24-22(28)26(20)18-12-6-5-11-17(18)25(19)21/h1-4,7-10,17-20H,5-6,11-12H2,(H,23,27)(H,24,28)/t17-,18-,19-,20+/m1/s1. The van der Waals surface area contributed by atoms with Gasteiger partial charge < -0.3 is 20.4 Å². The van der Waals surface area contributed by atoms with Gasteiger partial charge in [0.15, 0.2) is 0 Å². The van der Waals surface area contributed by atoms with Crippen LogP contribution in [0.1, 0.15) is 48.9 Å². The lowest BCUT2D eigenvalue weighted by molar-refractivity contribution is -0.0340. The van der Waals surface area contributed by atoms with Gasteiger partial charge in [-0.25, -0.2) is 9.59 Å². The molecule has 4 aliphatic rings. The molecule has 142 valence electrons. The van der Waals surface area contributed by atoms with Crippen molar-refractivity contribution in [1.82, 2.24) is 9.80 Å². The highest BCUT2D eigenvalue weighted by Crippen LogP contribution is 2.54. The van der Waals surface area contributed by atoms with E-state index in [1.807, 2.05) is 46.2 Å². The molecule has 0 bridgehead atoms. The molecule has 3 heterocycles. The van der Waals surface area contributed by atoms with E-state index >= 15 is 0 Å². The molecule has 0 aromatic heterocycles. The molecular weight excluding hydrogens is 352 g/mol. The Hall–Kier alpha value is -3.02. The van der Waals surface area contributed by atoms with Gasteiger partial charge in [0, 0.05) is 22.5 Å². The molecule has 2 aromatic carbocycles. The van der Waals surface area contributed by atoms with Crippen molar-refractivity contribution >= 4 is 23.4 Å². The molecule has 6 nitrogen and oxygen atoms in total. The lowest BCUT2D eigenvalue weighted by Crippen LogP contribution is -2.68. The highest BCUT2D eigenvalue weighted by Gasteiger charge is 2.56. The summed E-state index contributed by atoms with van der Waals surface area (Å²) in [6.07, 6.45) is 4.07. The zero-order chi connectivity index (χ0) is 18.8. The van der Waals surface area contributed by atoms with Gasteiger partial charge in [0.1, 0.15) is 0 Å². The third-order valence-electron chi connectivity index (χ3n) is 6.82. The Kier molecular flexibility index (Phi) is 3.27. The average molecular weight is 374 g/mol. The summed E-state index contributed by atoms with van der Waals surface area (Å²) in [5.74, 6) is 0. The first-order valence-corrected chi connectivity index (χ1v) is 10.1. The van der Waals surface area contributed by atoms with Crippen molar-refractivity contribution in [2.45, 2.75) is 49.9 Å². The van der Waals surface area contributed by atoms with E-state index in [1.165, 1.54) is 0 Å². The number of nitrogens with zero attached hydrogens (tertiary/aromatic N) is 2. The van der Waals surface area contributed by atoms with E-state index < -0.39 is 0 Å². The molecule has 4 atom stereocenters. The maximum absolute atomic E-state index is 13.2. The van der Waals surface area contributed by atoms with E-state index in [0.717, 1.165) is 48.2 Å². The lowest BCUT2D eigenvalue weighted by atomic mass is 9.76. The van der Waals surface area contributed by atoms with Crippen molar-refractivity contribution in [2.24, 2.45) is 0 Å². The summed E-state index contributed by atoms with van der Waals surface area (Å²) in [7, 11) is 0. The number of urea groups is 2. The van der Waals surface area contributed by atoms with Gasteiger partial charge in [-0.1, -0.05) is 49.2 Å². The zero-order valence-corrected chi connectivity index (χ0v) is 15.5. The Bertz CT molecular complexity index is 911. The second kappa shape index (κ2) is 5.74.